The zero-order valence-corrected chi connectivity index (χ0v) is 8.89. The van der Waals surface area contributed by atoms with Crippen LogP contribution in [-0.4, -0.2) is 11.2 Å². The van der Waals surface area contributed by atoms with E-state index in [0.29, 0.717) is 12.4 Å². The molecule has 0 heterocycles. The van der Waals surface area contributed by atoms with Gasteiger partial charge in [-0.1, -0.05) is 43.0 Å². The lowest BCUT2D eigenvalue weighted by molar-refractivity contribution is 0.104. The van der Waals surface area contributed by atoms with Crippen LogP contribution in [0.25, 0.3) is 0 Å². The summed E-state index contributed by atoms with van der Waals surface area (Å²) < 4.78 is 5.47. The Morgan fingerprint density at radius 3 is 2.67 bits per heavy atom. The van der Waals surface area contributed by atoms with Crippen molar-refractivity contribution in [2.75, 3.05) is 0 Å². The average molecular weight is 204 g/mol. The van der Waals surface area contributed by atoms with Crippen LogP contribution in [0.4, 0.5) is 0 Å². The van der Waals surface area contributed by atoms with Crippen LogP contribution < -0.4 is 0 Å². The van der Waals surface area contributed by atoms with Crippen molar-refractivity contribution in [1.82, 2.24) is 0 Å². The van der Waals surface area contributed by atoms with Crippen LogP contribution in [0, 0.1) is 0 Å². The second-order valence-electron chi connectivity index (χ2n) is 3.25. The van der Waals surface area contributed by atoms with Crippen molar-refractivity contribution in [3.63, 3.8) is 0 Å². The van der Waals surface area contributed by atoms with Gasteiger partial charge in [0.15, 0.2) is 0 Å². The third-order valence-corrected chi connectivity index (χ3v) is 1.94. The molecular formula is C13H16O2. The van der Waals surface area contributed by atoms with Crippen molar-refractivity contribution in [3.05, 3.63) is 60.4 Å². The molecule has 0 aliphatic carbocycles. The van der Waals surface area contributed by atoms with Gasteiger partial charge in [0.05, 0.1) is 0 Å². The Morgan fingerprint density at radius 1 is 1.47 bits per heavy atom. The van der Waals surface area contributed by atoms with Gasteiger partial charge in [0.2, 0.25) is 0 Å². The molecule has 0 amide bonds. The molecule has 1 rings (SSSR count). The van der Waals surface area contributed by atoms with Gasteiger partial charge in [-0.3, -0.25) is 0 Å². The van der Waals surface area contributed by atoms with E-state index in [1.165, 1.54) is 0 Å². The second kappa shape index (κ2) is 6.04. The van der Waals surface area contributed by atoms with E-state index in [0.717, 1.165) is 5.56 Å². The van der Waals surface area contributed by atoms with Crippen molar-refractivity contribution in [3.8, 4) is 0 Å². The minimum absolute atomic E-state index is 0.464. The minimum atomic E-state index is -0.605. The Labute approximate surface area is 90.5 Å². The first kappa shape index (κ1) is 11.5. The fraction of sp³-hybridized carbons (Fsp3) is 0.231. The number of aliphatic hydroxyl groups is 1. The number of ether oxygens (including phenoxy) is 1. The SMILES string of the molecule is C=C/C=C(/OCc1ccccc1)C(C)O. The van der Waals surface area contributed by atoms with E-state index in [9.17, 15) is 5.11 Å². The standard InChI is InChI=1S/C13H16O2/c1-3-7-13(11(2)14)15-10-12-8-5-4-6-9-12/h3-9,11,14H,1,10H2,2H3/b13-7+. The molecule has 1 N–H and O–H groups in total. The average Bonchev–Trinajstić information content (AvgIpc) is 2.25. The number of aliphatic hydroxyl groups excluding tert-OH is 1. The first-order chi connectivity index (χ1) is 7.24. The number of hydrogen-bond acceptors (Lipinski definition) is 2. The lowest BCUT2D eigenvalue weighted by Crippen LogP contribution is -2.08. The minimum Gasteiger partial charge on any atom is -0.491 e. The zero-order chi connectivity index (χ0) is 11.1. The highest BCUT2D eigenvalue weighted by Gasteiger charge is 2.04. The predicted molar refractivity (Wildman–Crippen MR) is 61.2 cm³/mol. The van der Waals surface area contributed by atoms with Gasteiger partial charge >= 0.3 is 0 Å². The largest absolute Gasteiger partial charge is 0.491 e. The monoisotopic (exact) mass is 204 g/mol. The highest BCUT2D eigenvalue weighted by molar-refractivity contribution is 5.15. The topological polar surface area (TPSA) is 29.5 Å². The smallest absolute Gasteiger partial charge is 0.125 e. The molecule has 1 atom stereocenters. The molecule has 0 aliphatic rings. The molecule has 0 fully saturated rings. The van der Waals surface area contributed by atoms with Gasteiger partial charge in [0.25, 0.3) is 0 Å². The predicted octanol–water partition coefficient (Wildman–Crippen LogP) is 2.65. The number of rotatable bonds is 5. The summed E-state index contributed by atoms with van der Waals surface area (Å²) in [5, 5.41) is 9.38. The van der Waals surface area contributed by atoms with Gasteiger partial charge in [0, 0.05) is 0 Å². The molecule has 1 aromatic rings. The first-order valence-corrected chi connectivity index (χ1v) is 4.91. The van der Waals surface area contributed by atoms with Crippen LogP contribution in [0.5, 0.6) is 0 Å². The van der Waals surface area contributed by atoms with Crippen LogP contribution >= 0.6 is 0 Å². The van der Waals surface area contributed by atoms with Gasteiger partial charge < -0.3 is 9.84 Å². The second-order valence-corrected chi connectivity index (χ2v) is 3.25. The number of benzene rings is 1. The summed E-state index contributed by atoms with van der Waals surface area (Å²) in [5.41, 5.74) is 1.08. The molecule has 0 aromatic heterocycles. The van der Waals surface area contributed by atoms with E-state index in [1.54, 1.807) is 19.1 Å². The summed E-state index contributed by atoms with van der Waals surface area (Å²) in [6.45, 7) is 5.70. The highest BCUT2D eigenvalue weighted by Crippen LogP contribution is 2.09. The molecule has 0 radical (unpaired) electrons. The highest BCUT2D eigenvalue weighted by atomic mass is 16.5. The zero-order valence-electron chi connectivity index (χ0n) is 8.89. The molecular weight excluding hydrogens is 188 g/mol. The number of allylic oxidation sites excluding steroid dienone is 2. The summed E-state index contributed by atoms with van der Waals surface area (Å²) in [6.07, 6.45) is 2.67. The Kier molecular flexibility index (Phi) is 4.64. The van der Waals surface area contributed by atoms with Crippen LogP contribution in [0.2, 0.25) is 0 Å². The molecule has 0 saturated carbocycles. The van der Waals surface area contributed by atoms with Gasteiger partial charge in [-0.2, -0.15) is 0 Å². The number of hydrogen-bond donors (Lipinski definition) is 1. The van der Waals surface area contributed by atoms with Gasteiger partial charge in [-0.05, 0) is 18.6 Å². The quantitative estimate of drug-likeness (QED) is 0.590. The van der Waals surface area contributed by atoms with Crippen LogP contribution in [0.15, 0.2) is 54.8 Å². The summed E-state index contributed by atoms with van der Waals surface area (Å²) in [5.74, 6) is 0.536. The van der Waals surface area contributed by atoms with Gasteiger partial charge in [0.1, 0.15) is 18.5 Å². The maximum absolute atomic E-state index is 9.38. The Bertz CT molecular complexity index is 326. The molecule has 1 aromatic carbocycles. The van der Waals surface area contributed by atoms with Crippen LogP contribution in [-0.2, 0) is 11.3 Å². The lowest BCUT2D eigenvalue weighted by Gasteiger charge is -2.12. The maximum atomic E-state index is 9.38. The van der Waals surface area contributed by atoms with E-state index >= 15 is 0 Å². The van der Waals surface area contributed by atoms with E-state index in [-0.39, 0.29) is 0 Å². The molecule has 1 unspecified atom stereocenters. The fourth-order valence-electron chi connectivity index (χ4n) is 1.17. The Hall–Kier alpha value is -1.54. The third-order valence-electron chi connectivity index (χ3n) is 1.94. The summed E-state index contributed by atoms with van der Waals surface area (Å²) in [7, 11) is 0. The maximum Gasteiger partial charge on any atom is 0.125 e. The van der Waals surface area contributed by atoms with Crippen molar-refractivity contribution < 1.29 is 9.84 Å². The Balaban J connectivity index is 2.55. The molecule has 0 saturated heterocycles. The molecule has 0 bridgehead atoms. The van der Waals surface area contributed by atoms with E-state index in [1.807, 2.05) is 30.3 Å². The summed E-state index contributed by atoms with van der Waals surface area (Å²) >= 11 is 0. The van der Waals surface area contributed by atoms with Crippen molar-refractivity contribution in [1.29, 1.82) is 0 Å². The fourth-order valence-corrected chi connectivity index (χ4v) is 1.17. The lowest BCUT2D eigenvalue weighted by atomic mass is 10.2. The first-order valence-electron chi connectivity index (χ1n) is 4.91. The molecule has 0 aliphatic heterocycles. The summed E-state index contributed by atoms with van der Waals surface area (Å²) in [4.78, 5) is 0. The normalized spacial score (nSPS) is 13.3. The molecule has 80 valence electrons. The van der Waals surface area contributed by atoms with E-state index in [4.69, 9.17) is 4.74 Å². The van der Waals surface area contributed by atoms with Crippen LogP contribution in [0.3, 0.4) is 0 Å². The van der Waals surface area contributed by atoms with Gasteiger partial charge in [-0.25, -0.2) is 0 Å². The van der Waals surface area contributed by atoms with Gasteiger partial charge in [-0.15, -0.1) is 0 Å². The molecule has 2 heteroatoms. The summed E-state index contributed by atoms with van der Waals surface area (Å²) in [6, 6.07) is 9.83. The van der Waals surface area contributed by atoms with Crippen molar-refractivity contribution in [2.24, 2.45) is 0 Å². The van der Waals surface area contributed by atoms with Crippen molar-refractivity contribution >= 4 is 0 Å². The molecule has 15 heavy (non-hydrogen) atoms. The molecule has 2 nitrogen and oxygen atoms in total. The van der Waals surface area contributed by atoms with Crippen molar-refractivity contribution in [2.45, 2.75) is 19.6 Å². The van der Waals surface area contributed by atoms with E-state index < -0.39 is 6.10 Å². The van der Waals surface area contributed by atoms with Crippen LogP contribution in [0.1, 0.15) is 12.5 Å². The molecule has 0 spiro atoms. The van der Waals surface area contributed by atoms with E-state index in [2.05, 4.69) is 6.58 Å². The Morgan fingerprint density at radius 2 is 2.13 bits per heavy atom. The third kappa shape index (κ3) is 4.00.